The normalized spacial score (nSPS) is 10.4. The molecule has 0 aliphatic carbocycles. The zero-order chi connectivity index (χ0) is 15.2. The Labute approximate surface area is 137 Å². The highest BCUT2D eigenvalue weighted by Gasteiger charge is 2.06. The average Bonchev–Trinajstić information content (AvgIpc) is 2.45. The van der Waals surface area contributed by atoms with E-state index in [9.17, 15) is 4.79 Å². The largest absolute Gasteiger partial charge is 0.380 e. The van der Waals surface area contributed by atoms with Crippen LogP contribution in [-0.2, 0) is 11.3 Å². The van der Waals surface area contributed by atoms with E-state index in [1.54, 1.807) is 12.1 Å². The number of para-hydroxylation sites is 1. The van der Waals surface area contributed by atoms with Crippen LogP contribution < -0.4 is 11.1 Å². The van der Waals surface area contributed by atoms with E-state index in [1.165, 1.54) is 11.8 Å². The number of nitrogens with two attached hydrogens (primary N) is 1. The lowest BCUT2D eigenvalue weighted by Crippen LogP contribution is -2.13. The smallest absolute Gasteiger partial charge is 0.227 e. The second-order valence-corrected chi connectivity index (χ2v) is 6.20. The van der Waals surface area contributed by atoms with Crippen molar-refractivity contribution >= 4 is 46.6 Å². The van der Waals surface area contributed by atoms with Gasteiger partial charge >= 0.3 is 0 Å². The van der Waals surface area contributed by atoms with Crippen molar-refractivity contribution in [3.63, 3.8) is 0 Å². The predicted octanol–water partition coefficient (Wildman–Crippen LogP) is 4.18. The molecule has 0 saturated carbocycles. The molecule has 0 radical (unpaired) electrons. The van der Waals surface area contributed by atoms with Gasteiger partial charge in [0.1, 0.15) is 0 Å². The second kappa shape index (κ2) is 7.59. The summed E-state index contributed by atoms with van der Waals surface area (Å²) >= 11 is 13.4. The van der Waals surface area contributed by atoms with Gasteiger partial charge in [-0.2, -0.15) is 0 Å². The minimum Gasteiger partial charge on any atom is -0.380 e. The summed E-state index contributed by atoms with van der Waals surface area (Å²) in [5, 5.41) is 4.55. The summed E-state index contributed by atoms with van der Waals surface area (Å²) in [6, 6.07) is 13.2. The molecule has 6 heteroatoms. The molecular formula is C15H14Cl2N2OS. The molecule has 0 spiro atoms. The van der Waals surface area contributed by atoms with Gasteiger partial charge in [0.25, 0.3) is 0 Å². The van der Waals surface area contributed by atoms with Crippen molar-refractivity contribution in [2.45, 2.75) is 11.4 Å². The van der Waals surface area contributed by atoms with E-state index in [0.717, 1.165) is 16.1 Å². The minimum absolute atomic E-state index is 0.250. The van der Waals surface area contributed by atoms with Crippen LogP contribution in [0.15, 0.2) is 47.4 Å². The summed E-state index contributed by atoms with van der Waals surface area (Å²) in [6.07, 6.45) is 0. The summed E-state index contributed by atoms with van der Waals surface area (Å²) in [4.78, 5) is 11.9. The van der Waals surface area contributed by atoms with Gasteiger partial charge in [0.15, 0.2) is 0 Å². The van der Waals surface area contributed by atoms with Crippen molar-refractivity contribution in [3.8, 4) is 0 Å². The molecule has 1 amide bonds. The predicted molar refractivity (Wildman–Crippen MR) is 90.1 cm³/mol. The van der Waals surface area contributed by atoms with E-state index in [-0.39, 0.29) is 11.7 Å². The van der Waals surface area contributed by atoms with Crippen LogP contribution in [-0.4, -0.2) is 11.7 Å². The Bertz CT molecular complexity index is 649. The van der Waals surface area contributed by atoms with Gasteiger partial charge in [0.05, 0.1) is 5.75 Å². The standard InChI is InChI=1S/C15H14Cl2N2OS/c16-11-6-5-10(12(17)7-11)8-19-13-3-1-2-4-14(13)21-9-15(18)20/h1-7,19H,8-9H2,(H2,18,20). The topological polar surface area (TPSA) is 55.1 Å². The molecule has 2 aromatic carbocycles. The van der Waals surface area contributed by atoms with E-state index in [1.807, 2.05) is 30.3 Å². The van der Waals surface area contributed by atoms with Crippen LogP contribution in [0.3, 0.4) is 0 Å². The third-order valence-electron chi connectivity index (χ3n) is 2.74. The Kier molecular flexibility index (Phi) is 5.79. The minimum atomic E-state index is -0.337. The molecule has 2 rings (SSSR count). The molecule has 3 nitrogen and oxygen atoms in total. The highest BCUT2D eigenvalue weighted by molar-refractivity contribution is 8.00. The highest BCUT2D eigenvalue weighted by Crippen LogP contribution is 2.28. The van der Waals surface area contributed by atoms with Gasteiger partial charge in [0, 0.05) is 27.2 Å². The van der Waals surface area contributed by atoms with Crippen LogP contribution in [0.1, 0.15) is 5.56 Å². The molecule has 0 bridgehead atoms. The number of carbonyl (C=O) groups excluding carboxylic acids is 1. The van der Waals surface area contributed by atoms with E-state index in [4.69, 9.17) is 28.9 Å². The number of thioether (sulfide) groups is 1. The Hall–Kier alpha value is -1.36. The summed E-state index contributed by atoms with van der Waals surface area (Å²) in [5.41, 5.74) is 7.07. The monoisotopic (exact) mass is 340 g/mol. The third kappa shape index (κ3) is 4.84. The average molecular weight is 341 g/mol. The van der Waals surface area contributed by atoms with E-state index in [0.29, 0.717) is 16.6 Å². The number of halogens is 2. The molecule has 0 aliphatic rings. The maximum absolute atomic E-state index is 10.9. The van der Waals surface area contributed by atoms with Crippen LogP contribution in [0.2, 0.25) is 10.0 Å². The van der Waals surface area contributed by atoms with Gasteiger partial charge in [-0.1, -0.05) is 41.4 Å². The first kappa shape index (κ1) is 16.0. The lowest BCUT2D eigenvalue weighted by Gasteiger charge is -2.12. The molecule has 3 N–H and O–H groups in total. The van der Waals surface area contributed by atoms with E-state index < -0.39 is 0 Å². The first-order chi connectivity index (χ1) is 10.1. The molecule has 110 valence electrons. The molecular weight excluding hydrogens is 327 g/mol. The quantitative estimate of drug-likeness (QED) is 0.775. The first-order valence-electron chi connectivity index (χ1n) is 6.24. The lowest BCUT2D eigenvalue weighted by molar-refractivity contribution is -0.115. The van der Waals surface area contributed by atoms with Gasteiger partial charge in [-0.15, -0.1) is 11.8 Å². The lowest BCUT2D eigenvalue weighted by atomic mass is 10.2. The fourth-order valence-corrected chi connectivity index (χ4v) is 2.99. The van der Waals surface area contributed by atoms with Gasteiger partial charge in [-0.3, -0.25) is 4.79 Å². The SMILES string of the molecule is NC(=O)CSc1ccccc1NCc1ccc(Cl)cc1Cl. The van der Waals surface area contributed by atoms with Crippen LogP contribution in [0, 0.1) is 0 Å². The van der Waals surface area contributed by atoms with Crippen molar-refractivity contribution in [3.05, 3.63) is 58.1 Å². The third-order valence-corrected chi connectivity index (χ3v) is 4.42. The fraction of sp³-hybridized carbons (Fsp3) is 0.133. The number of nitrogens with one attached hydrogen (secondary N) is 1. The number of primary amides is 1. The number of amides is 1. The molecule has 0 aromatic heterocycles. The van der Waals surface area contributed by atoms with Gasteiger partial charge < -0.3 is 11.1 Å². The van der Waals surface area contributed by atoms with Crippen LogP contribution in [0.25, 0.3) is 0 Å². The maximum Gasteiger partial charge on any atom is 0.227 e. The highest BCUT2D eigenvalue weighted by atomic mass is 35.5. The first-order valence-corrected chi connectivity index (χ1v) is 7.98. The maximum atomic E-state index is 10.9. The van der Waals surface area contributed by atoms with Crippen LogP contribution in [0.5, 0.6) is 0 Å². The summed E-state index contributed by atoms with van der Waals surface area (Å²) in [7, 11) is 0. The number of anilines is 1. The number of carbonyl (C=O) groups is 1. The summed E-state index contributed by atoms with van der Waals surface area (Å²) in [5.74, 6) is -0.0871. The fourth-order valence-electron chi connectivity index (χ4n) is 1.74. The number of hydrogen-bond acceptors (Lipinski definition) is 3. The number of benzene rings is 2. The summed E-state index contributed by atoms with van der Waals surface area (Å²) in [6.45, 7) is 0.574. The Morgan fingerprint density at radius 3 is 2.67 bits per heavy atom. The van der Waals surface area contributed by atoms with Crippen molar-refractivity contribution in [2.24, 2.45) is 5.73 Å². The van der Waals surface area contributed by atoms with E-state index in [2.05, 4.69) is 5.32 Å². The summed E-state index contributed by atoms with van der Waals surface area (Å²) < 4.78 is 0. The van der Waals surface area contributed by atoms with Crippen molar-refractivity contribution in [1.29, 1.82) is 0 Å². The molecule has 21 heavy (non-hydrogen) atoms. The van der Waals surface area contributed by atoms with Gasteiger partial charge in [-0.05, 0) is 29.8 Å². The van der Waals surface area contributed by atoms with Crippen LogP contribution in [0.4, 0.5) is 5.69 Å². The van der Waals surface area contributed by atoms with Crippen molar-refractivity contribution in [2.75, 3.05) is 11.1 Å². The van der Waals surface area contributed by atoms with Crippen LogP contribution >= 0.6 is 35.0 Å². The zero-order valence-electron chi connectivity index (χ0n) is 11.1. The molecule has 0 unspecified atom stereocenters. The number of hydrogen-bond donors (Lipinski definition) is 2. The Morgan fingerprint density at radius 2 is 1.95 bits per heavy atom. The molecule has 2 aromatic rings. The molecule has 0 saturated heterocycles. The molecule has 0 aliphatic heterocycles. The molecule has 0 atom stereocenters. The molecule has 0 fully saturated rings. The Morgan fingerprint density at radius 1 is 1.19 bits per heavy atom. The molecule has 0 heterocycles. The Balaban J connectivity index is 2.07. The van der Waals surface area contributed by atoms with Gasteiger partial charge in [0.2, 0.25) is 5.91 Å². The van der Waals surface area contributed by atoms with Gasteiger partial charge in [-0.25, -0.2) is 0 Å². The second-order valence-electron chi connectivity index (χ2n) is 4.34. The zero-order valence-corrected chi connectivity index (χ0v) is 13.4. The van der Waals surface area contributed by atoms with Crippen molar-refractivity contribution in [1.82, 2.24) is 0 Å². The van der Waals surface area contributed by atoms with Crippen molar-refractivity contribution < 1.29 is 4.79 Å². The number of rotatable bonds is 6. The van der Waals surface area contributed by atoms with E-state index >= 15 is 0 Å².